The highest BCUT2D eigenvalue weighted by Crippen LogP contribution is 2.16. The molecule has 1 aromatic heterocycles. The van der Waals surface area contributed by atoms with Crippen molar-refractivity contribution in [1.29, 1.82) is 0 Å². The minimum absolute atomic E-state index is 0.667. The van der Waals surface area contributed by atoms with Crippen LogP contribution in [0.4, 0.5) is 5.82 Å². The largest absolute Gasteiger partial charge is 0.382 e. The number of aryl methyl sites for hydroxylation is 1. The molecule has 0 bridgehead atoms. The van der Waals surface area contributed by atoms with Crippen molar-refractivity contribution in [2.45, 2.75) is 53.0 Å². The van der Waals surface area contributed by atoms with Crippen molar-refractivity contribution in [2.24, 2.45) is 5.92 Å². The molecule has 0 spiro atoms. The predicted octanol–water partition coefficient (Wildman–Crippen LogP) is 2.99. The molecule has 1 unspecified atom stereocenters. The predicted molar refractivity (Wildman–Crippen MR) is 64.7 cm³/mol. The summed E-state index contributed by atoms with van der Waals surface area (Å²) in [6.45, 7) is 7.50. The van der Waals surface area contributed by atoms with Crippen LogP contribution in [0.15, 0.2) is 6.20 Å². The second-order valence-electron chi connectivity index (χ2n) is 4.34. The summed E-state index contributed by atoms with van der Waals surface area (Å²) in [5.74, 6) is 1.41. The van der Waals surface area contributed by atoms with E-state index in [0.29, 0.717) is 5.82 Å². The van der Waals surface area contributed by atoms with Gasteiger partial charge in [0.15, 0.2) is 0 Å². The van der Waals surface area contributed by atoms with E-state index in [0.717, 1.165) is 18.0 Å². The lowest BCUT2D eigenvalue weighted by Gasteiger charge is -2.13. The molecule has 0 saturated carbocycles. The summed E-state index contributed by atoms with van der Waals surface area (Å²) < 4.78 is 1.99. The highest BCUT2D eigenvalue weighted by molar-refractivity contribution is 5.35. The topological polar surface area (TPSA) is 43.8 Å². The van der Waals surface area contributed by atoms with Gasteiger partial charge in [-0.15, -0.1) is 0 Å². The molecule has 1 heterocycles. The molecule has 0 amide bonds. The summed E-state index contributed by atoms with van der Waals surface area (Å²) in [6, 6.07) is 0. The van der Waals surface area contributed by atoms with Crippen LogP contribution in [-0.2, 0) is 6.54 Å². The number of anilines is 1. The molecular weight excluding hydrogens is 186 g/mol. The number of rotatable bonds is 6. The van der Waals surface area contributed by atoms with Gasteiger partial charge in [0.05, 0.1) is 0 Å². The zero-order valence-electron chi connectivity index (χ0n) is 10.2. The van der Waals surface area contributed by atoms with Crippen molar-refractivity contribution in [2.75, 3.05) is 5.73 Å². The Morgan fingerprint density at radius 2 is 2.20 bits per heavy atom. The molecule has 86 valence electrons. The molecule has 0 aliphatic rings. The Labute approximate surface area is 92.7 Å². The quantitative estimate of drug-likeness (QED) is 0.782. The Bertz CT molecular complexity index is 272. The molecule has 1 aromatic rings. The number of unbranched alkanes of at least 4 members (excludes halogenated alkanes) is 1. The van der Waals surface area contributed by atoms with Crippen molar-refractivity contribution in [1.82, 2.24) is 9.78 Å². The molecule has 1 rings (SSSR count). The van der Waals surface area contributed by atoms with Gasteiger partial charge in [-0.1, -0.05) is 33.1 Å². The van der Waals surface area contributed by atoms with Gasteiger partial charge in [-0.2, -0.15) is 5.10 Å². The highest BCUT2D eigenvalue weighted by Gasteiger charge is 2.08. The van der Waals surface area contributed by atoms with Crippen LogP contribution < -0.4 is 5.73 Å². The van der Waals surface area contributed by atoms with E-state index >= 15 is 0 Å². The normalized spacial score (nSPS) is 13.0. The lowest BCUT2D eigenvalue weighted by molar-refractivity contribution is 0.373. The fraction of sp³-hybridized carbons (Fsp3) is 0.750. The average molecular weight is 209 g/mol. The molecule has 3 heteroatoms. The molecule has 0 radical (unpaired) electrons. The van der Waals surface area contributed by atoms with E-state index < -0.39 is 0 Å². The number of aromatic nitrogens is 2. The van der Waals surface area contributed by atoms with Crippen LogP contribution >= 0.6 is 0 Å². The van der Waals surface area contributed by atoms with Crippen LogP contribution in [-0.4, -0.2) is 9.78 Å². The van der Waals surface area contributed by atoms with Gasteiger partial charge in [-0.3, -0.25) is 4.68 Å². The fourth-order valence-corrected chi connectivity index (χ4v) is 1.81. The van der Waals surface area contributed by atoms with Crippen LogP contribution in [0.2, 0.25) is 0 Å². The smallest absolute Gasteiger partial charge is 0.148 e. The van der Waals surface area contributed by atoms with Gasteiger partial charge < -0.3 is 5.73 Å². The Morgan fingerprint density at radius 3 is 2.67 bits per heavy atom. The Balaban J connectivity index is 2.50. The van der Waals surface area contributed by atoms with E-state index in [9.17, 15) is 0 Å². The fourth-order valence-electron chi connectivity index (χ4n) is 1.81. The third-order valence-corrected chi connectivity index (χ3v) is 2.97. The number of hydrogen-bond acceptors (Lipinski definition) is 2. The zero-order chi connectivity index (χ0) is 11.3. The van der Waals surface area contributed by atoms with Crippen molar-refractivity contribution in [3.05, 3.63) is 11.8 Å². The molecule has 3 nitrogen and oxygen atoms in total. The summed E-state index contributed by atoms with van der Waals surface area (Å²) in [5.41, 5.74) is 6.81. The second kappa shape index (κ2) is 5.79. The molecule has 2 N–H and O–H groups in total. The van der Waals surface area contributed by atoms with Gasteiger partial charge in [0.25, 0.3) is 0 Å². The van der Waals surface area contributed by atoms with E-state index in [4.69, 9.17) is 5.73 Å². The number of nitrogen functional groups attached to an aromatic ring is 1. The summed E-state index contributed by atoms with van der Waals surface area (Å²) in [6.07, 6.45) is 7.15. The van der Waals surface area contributed by atoms with E-state index in [2.05, 4.69) is 18.9 Å². The lowest BCUT2D eigenvalue weighted by atomic mass is 9.99. The SMILES string of the molecule is CCCCC(CC)Cn1cc(C)c(N)n1. The maximum Gasteiger partial charge on any atom is 0.148 e. The van der Waals surface area contributed by atoms with E-state index in [1.807, 2.05) is 17.8 Å². The van der Waals surface area contributed by atoms with Gasteiger partial charge >= 0.3 is 0 Å². The number of hydrogen-bond donors (Lipinski definition) is 1. The lowest BCUT2D eigenvalue weighted by Crippen LogP contribution is -2.10. The van der Waals surface area contributed by atoms with E-state index in [1.165, 1.54) is 25.7 Å². The van der Waals surface area contributed by atoms with Gasteiger partial charge in [0.2, 0.25) is 0 Å². The average Bonchev–Trinajstić information content (AvgIpc) is 2.53. The van der Waals surface area contributed by atoms with Crippen molar-refractivity contribution in [3.63, 3.8) is 0 Å². The highest BCUT2D eigenvalue weighted by atomic mass is 15.3. The van der Waals surface area contributed by atoms with Crippen molar-refractivity contribution < 1.29 is 0 Å². The first-order chi connectivity index (χ1) is 7.17. The van der Waals surface area contributed by atoms with Gasteiger partial charge in [-0.25, -0.2) is 0 Å². The van der Waals surface area contributed by atoms with Crippen LogP contribution in [0.1, 0.15) is 45.1 Å². The third-order valence-electron chi connectivity index (χ3n) is 2.97. The summed E-state index contributed by atoms with van der Waals surface area (Å²) in [7, 11) is 0. The van der Waals surface area contributed by atoms with Gasteiger partial charge in [0.1, 0.15) is 5.82 Å². The van der Waals surface area contributed by atoms with Crippen LogP contribution in [0.3, 0.4) is 0 Å². The van der Waals surface area contributed by atoms with Gasteiger partial charge in [0, 0.05) is 18.3 Å². The van der Waals surface area contributed by atoms with Crippen LogP contribution in [0.25, 0.3) is 0 Å². The molecule has 0 aromatic carbocycles. The Hall–Kier alpha value is -0.990. The first-order valence-corrected chi connectivity index (χ1v) is 5.96. The summed E-state index contributed by atoms with van der Waals surface area (Å²) in [4.78, 5) is 0. The minimum Gasteiger partial charge on any atom is -0.382 e. The van der Waals surface area contributed by atoms with Crippen LogP contribution in [0.5, 0.6) is 0 Å². The van der Waals surface area contributed by atoms with Crippen molar-refractivity contribution in [3.8, 4) is 0 Å². The third kappa shape index (κ3) is 3.57. The summed E-state index contributed by atoms with van der Waals surface area (Å²) in [5, 5.41) is 4.30. The molecule has 1 atom stereocenters. The number of nitrogens with two attached hydrogens (primary N) is 1. The monoisotopic (exact) mass is 209 g/mol. The molecule has 0 fully saturated rings. The Kier molecular flexibility index (Phi) is 4.66. The minimum atomic E-state index is 0.667. The maximum atomic E-state index is 5.73. The molecule has 0 saturated heterocycles. The van der Waals surface area contributed by atoms with Crippen molar-refractivity contribution >= 4 is 5.82 Å². The van der Waals surface area contributed by atoms with Crippen LogP contribution in [0, 0.1) is 12.8 Å². The maximum absolute atomic E-state index is 5.73. The van der Waals surface area contributed by atoms with Gasteiger partial charge in [-0.05, 0) is 19.3 Å². The first kappa shape index (κ1) is 12.1. The molecule has 0 aliphatic heterocycles. The van der Waals surface area contributed by atoms with E-state index in [1.54, 1.807) is 0 Å². The number of nitrogens with zero attached hydrogens (tertiary/aromatic N) is 2. The Morgan fingerprint density at radius 1 is 1.47 bits per heavy atom. The molecule has 0 aliphatic carbocycles. The molecular formula is C12H23N3. The summed E-state index contributed by atoms with van der Waals surface area (Å²) >= 11 is 0. The molecule has 15 heavy (non-hydrogen) atoms. The zero-order valence-corrected chi connectivity index (χ0v) is 10.2. The standard InChI is InChI=1S/C12H23N3/c1-4-6-7-11(5-2)9-15-8-10(3)12(13)14-15/h8,11H,4-7,9H2,1-3H3,(H2,13,14). The van der Waals surface area contributed by atoms with E-state index in [-0.39, 0.29) is 0 Å². The first-order valence-electron chi connectivity index (χ1n) is 5.96. The second-order valence-corrected chi connectivity index (χ2v) is 4.34.